The summed E-state index contributed by atoms with van der Waals surface area (Å²) in [6, 6.07) is 14.1. The SMILES string of the molecule is CCOc1ccccc1N(Cc1ccc(C(=O)N[C@@H](C)C(C)C)cc1)S(C)(=O)=O. The zero-order valence-electron chi connectivity index (χ0n) is 17.7. The minimum atomic E-state index is -3.53. The molecule has 2 aromatic carbocycles. The van der Waals surface area contributed by atoms with Gasteiger partial charge in [0.05, 0.1) is 25.1 Å². The second kappa shape index (κ2) is 9.78. The predicted octanol–water partition coefficient (Wildman–Crippen LogP) is 3.83. The molecule has 0 aliphatic carbocycles. The van der Waals surface area contributed by atoms with Crippen molar-refractivity contribution in [3.05, 3.63) is 59.7 Å². The topological polar surface area (TPSA) is 75.7 Å². The zero-order valence-corrected chi connectivity index (χ0v) is 18.5. The van der Waals surface area contributed by atoms with Crippen molar-refractivity contribution < 1.29 is 17.9 Å². The molecule has 0 saturated carbocycles. The van der Waals surface area contributed by atoms with E-state index in [-0.39, 0.29) is 18.5 Å². The maximum atomic E-state index is 12.5. The summed E-state index contributed by atoms with van der Waals surface area (Å²) in [5, 5.41) is 2.97. The predicted molar refractivity (Wildman–Crippen MR) is 117 cm³/mol. The van der Waals surface area contributed by atoms with Crippen LogP contribution in [0.5, 0.6) is 5.75 Å². The van der Waals surface area contributed by atoms with Crippen molar-refractivity contribution in [3.63, 3.8) is 0 Å². The molecule has 29 heavy (non-hydrogen) atoms. The summed E-state index contributed by atoms with van der Waals surface area (Å²) in [5.74, 6) is 0.713. The van der Waals surface area contributed by atoms with E-state index >= 15 is 0 Å². The molecule has 0 saturated heterocycles. The third-order valence-electron chi connectivity index (χ3n) is 4.74. The standard InChI is InChI=1S/C22H30N2O4S/c1-6-28-21-10-8-7-9-20(21)24(29(5,26)27)15-18-11-13-19(14-12-18)22(25)23-17(4)16(2)3/h7-14,16-17H,6,15H2,1-5H3,(H,23,25)/t17-/m0/s1. The molecule has 0 unspecified atom stereocenters. The molecule has 1 atom stereocenters. The van der Waals surface area contributed by atoms with E-state index in [0.717, 1.165) is 5.56 Å². The Morgan fingerprint density at radius 1 is 1.07 bits per heavy atom. The average molecular weight is 419 g/mol. The third-order valence-corrected chi connectivity index (χ3v) is 5.86. The molecule has 2 rings (SSSR count). The molecule has 1 amide bonds. The summed E-state index contributed by atoms with van der Waals surface area (Å²) in [7, 11) is -3.53. The van der Waals surface area contributed by atoms with Crippen molar-refractivity contribution in [1.29, 1.82) is 0 Å². The summed E-state index contributed by atoms with van der Waals surface area (Å²) < 4.78 is 31.8. The maximum absolute atomic E-state index is 12.5. The van der Waals surface area contributed by atoms with Crippen molar-refractivity contribution in [1.82, 2.24) is 5.32 Å². The number of ether oxygens (including phenoxy) is 1. The molecule has 7 heteroatoms. The average Bonchev–Trinajstić information content (AvgIpc) is 2.66. The van der Waals surface area contributed by atoms with Crippen LogP contribution in [0.15, 0.2) is 48.5 Å². The lowest BCUT2D eigenvalue weighted by Gasteiger charge is -2.25. The van der Waals surface area contributed by atoms with Gasteiger partial charge in [-0.25, -0.2) is 8.42 Å². The summed E-state index contributed by atoms with van der Waals surface area (Å²) in [6.45, 7) is 8.50. The Bertz CT molecular complexity index is 924. The molecular formula is C22H30N2O4S. The van der Waals surface area contributed by atoms with Crippen LogP contribution in [0.4, 0.5) is 5.69 Å². The summed E-state index contributed by atoms with van der Waals surface area (Å²) in [4.78, 5) is 12.4. The van der Waals surface area contributed by atoms with Gasteiger partial charge in [0.15, 0.2) is 0 Å². The Morgan fingerprint density at radius 3 is 2.24 bits per heavy atom. The molecule has 0 spiro atoms. The van der Waals surface area contributed by atoms with Crippen LogP contribution in [0.25, 0.3) is 0 Å². The Morgan fingerprint density at radius 2 is 1.69 bits per heavy atom. The molecule has 0 heterocycles. The van der Waals surface area contributed by atoms with Gasteiger partial charge in [-0.3, -0.25) is 9.10 Å². The van der Waals surface area contributed by atoms with Crippen LogP contribution >= 0.6 is 0 Å². The van der Waals surface area contributed by atoms with Crippen LogP contribution in [0, 0.1) is 5.92 Å². The first-order chi connectivity index (χ1) is 13.6. The molecule has 2 aromatic rings. The first-order valence-electron chi connectivity index (χ1n) is 9.72. The van der Waals surface area contributed by atoms with Crippen LogP contribution in [0.3, 0.4) is 0 Å². The van der Waals surface area contributed by atoms with Gasteiger partial charge in [-0.15, -0.1) is 0 Å². The number of nitrogens with zero attached hydrogens (tertiary/aromatic N) is 1. The fraction of sp³-hybridized carbons (Fsp3) is 0.409. The van der Waals surface area contributed by atoms with Gasteiger partial charge in [-0.05, 0) is 49.6 Å². The number of hydrogen-bond acceptors (Lipinski definition) is 4. The van der Waals surface area contributed by atoms with Crippen molar-refractivity contribution >= 4 is 21.6 Å². The quantitative estimate of drug-likeness (QED) is 0.672. The van der Waals surface area contributed by atoms with Gasteiger partial charge in [0, 0.05) is 11.6 Å². The molecule has 0 fully saturated rings. The van der Waals surface area contributed by atoms with Crippen molar-refractivity contribution in [2.24, 2.45) is 5.92 Å². The molecule has 0 bridgehead atoms. The monoisotopic (exact) mass is 418 g/mol. The molecule has 0 aliphatic rings. The minimum Gasteiger partial charge on any atom is -0.492 e. The number of hydrogen-bond donors (Lipinski definition) is 1. The van der Waals surface area contributed by atoms with E-state index in [0.29, 0.717) is 29.5 Å². The number of benzene rings is 2. The highest BCUT2D eigenvalue weighted by molar-refractivity contribution is 7.92. The van der Waals surface area contributed by atoms with E-state index in [1.807, 2.05) is 27.7 Å². The lowest BCUT2D eigenvalue weighted by atomic mass is 10.1. The Kier molecular flexibility index (Phi) is 7.67. The molecule has 0 radical (unpaired) electrons. The molecule has 158 valence electrons. The fourth-order valence-corrected chi connectivity index (χ4v) is 3.60. The number of amides is 1. The van der Waals surface area contributed by atoms with Gasteiger partial charge in [0.25, 0.3) is 5.91 Å². The van der Waals surface area contributed by atoms with E-state index in [9.17, 15) is 13.2 Å². The van der Waals surface area contributed by atoms with Crippen molar-refractivity contribution in [2.45, 2.75) is 40.3 Å². The number of anilines is 1. The summed E-state index contributed by atoms with van der Waals surface area (Å²) in [6.07, 6.45) is 1.17. The second-order valence-corrected chi connectivity index (χ2v) is 9.28. The highest BCUT2D eigenvalue weighted by Crippen LogP contribution is 2.31. The fourth-order valence-electron chi connectivity index (χ4n) is 2.71. The number of para-hydroxylation sites is 2. The lowest BCUT2D eigenvalue weighted by Crippen LogP contribution is -2.36. The number of carbonyl (C=O) groups is 1. The van der Waals surface area contributed by atoms with Gasteiger partial charge in [0.1, 0.15) is 5.75 Å². The number of sulfonamides is 1. The number of rotatable bonds is 9. The molecule has 0 aliphatic heterocycles. The first-order valence-corrected chi connectivity index (χ1v) is 11.6. The molecule has 1 N–H and O–H groups in total. The van der Waals surface area contributed by atoms with Crippen LogP contribution < -0.4 is 14.4 Å². The summed E-state index contributed by atoms with van der Waals surface area (Å²) in [5.41, 5.74) is 1.81. The van der Waals surface area contributed by atoms with E-state index in [2.05, 4.69) is 5.32 Å². The van der Waals surface area contributed by atoms with Gasteiger partial charge in [-0.2, -0.15) is 0 Å². The van der Waals surface area contributed by atoms with Gasteiger partial charge < -0.3 is 10.1 Å². The van der Waals surface area contributed by atoms with Crippen LogP contribution in [0.2, 0.25) is 0 Å². The zero-order chi connectivity index (χ0) is 21.6. The largest absolute Gasteiger partial charge is 0.492 e. The van der Waals surface area contributed by atoms with Crippen LogP contribution in [-0.4, -0.2) is 33.2 Å². The van der Waals surface area contributed by atoms with Crippen molar-refractivity contribution in [3.8, 4) is 5.75 Å². The Balaban J connectivity index is 2.24. The normalized spacial score (nSPS) is 12.5. The van der Waals surface area contributed by atoms with Gasteiger partial charge in [-0.1, -0.05) is 38.1 Å². The molecule has 6 nitrogen and oxygen atoms in total. The van der Waals surface area contributed by atoms with Crippen LogP contribution in [-0.2, 0) is 16.6 Å². The van der Waals surface area contributed by atoms with E-state index < -0.39 is 10.0 Å². The highest BCUT2D eigenvalue weighted by Gasteiger charge is 2.21. The maximum Gasteiger partial charge on any atom is 0.251 e. The van der Waals surface area contributed by atoms with Gasteiger partial charge in [0.2, 0.25) is 10.0 Å². The van der Waals surface area contributed by atoms with Crippen molar-refractivity contribution in [2.75, 3.05) is 17.2 Å². The van der Waals surface area contributed by atoms with Gasteiger partial charge >= 0.3 is 0 Å². The smallest absolute Gasteiger partial charge is 0.251 e. The number of nitrogens with one attached hydrogen (secondary N) is 1. The molecule has 0 aromatic heterocycles. The Labute approximate surface area is 173 Å². The number of carbonyl (C=O) groups excluding carboxylic acids is 1. The third kappa shape index (κ3) is 6.22. The van der Waals surface area contributed by atoms with E-state index in [1.54, 1.807) is 48.5 Å². The minimum absolute atomic E-state index is 0.0676. The Hall–Kier alpha value is -2.54. The summed E-state index contributed by atoms with van der Waals surface area (Å²) >= 11 is 0. The second-order valence-electron chi connectivity index (χ2n) is 7.37. The lowest BCUT2D eigenvalue weighted by molar-refractivity contribution is 0.0930. The van der Waals surface area contributed by atoms with Crippen LogP contribution in [0.1, 0.15) is 43.6 Å². The molecular weight excluding hydrogens is 388 g/mol. The first kappa shape index (κ1) is 22.7. The highest BCUT2D eigenvalue weighted by atomic mass is 32.2. The van der Waals surface area contributed by atoms with E-state index in [4.69, 9.17) is 4.74 Å². The van der Waals surface area contributed by atoms with E-state index in [1.165, 1.54) is 10.6 Å².